The zero-order valence-corrected chi connectivity index (χ0v) is 20.8. The Hall–Kier alpha value is -2.21. The van der Waals surface area contributed by atoms with E-state index in [1.165, 1.54) is 49.0 Å². The molecule has 0 radical (unpaired) electrons. The van der Waals surface area contributed by atoms with E-state index < -0.39 is 0 Å². The van der Waals surface area contributed by atoms with Crippen LogP contribution >= 0.6 is 23.6 Å². The number of thiophene rings is 1. The van der Waals surface area contributed by atoms with Crippen LogP contribution in [0.5, 0.6) is 11.5 Å². The second-order valence-corrected chi connectivity index (χ2v) is 10.3. The van der Waals surface area contributed by atoms with E-state index in [4.69, 9.17) is 17.0 Å². The maximum Gasteiger partial charge on any atom is 0.127 e. The van der Waals surface area contributed by atoms with Crippen molar-refractivity contribution in [2.45, 2.75) is 64.1 Å². The highest BCUT2D eigenvalue weighted by molar-refractivity contribution is 7.80. The van der Waals surface area contributed by atoms with E-state index in [1.807, 2.05) is 42.5 Å². The van der Waals surface area contributed by atoms with Crippen LogP contribution in [-0.4, -0.2) is 11.0 Å². The Morgan fingerprint density at radius 3 is 2.39 bits per heavy atom. The molecule has 174 valence electrons. The van der Waals surface area contributed by atoms with Crippen LogP contribution < -0.4 is 15.4 Å². The summed E-state index contributed by atoms with van der Waals surface area (Å²) in [6, 6.07) is 22.6. The Labute approximate surface area is 207 Å². The molecular weight excluding hydrogens is 444 g/mol. The molecule has 5 heteroatoms. The Balaban J connectivity index is 1.29. The fraction of sp³-hybridized carbons (Fsp3) is 0.393. The molecule has 2 N–H and O–H groups in total. The first-order chi connectivity index (χ1) is 16.3. The Kier molecular flexibility index (Phi) is 9.34. The third kappa shape index (κ3) is 7.95. The number of thiocarbonyl (C=S) groups is 1. The Morgan fingerprint density at radius 1 is 0.909 bits per heavy atom. The lowest BCUT2D eigenvalue weighted by molar-refractivity contribution is 0.324. The standard InChI is InChI=1S/C28H34N2OS2/c32-28(30-20-23-13-16-25(17-14-23)31-24-10-5-2-6-11-24)27(29-21-26-12-7-19-33-26)18-15-22-8-3-1-4-9-22/h2,5-7,10-14,16-17,19,22,27,29H,1,3-4,8-9,15,18,20-21H2,(H,30,32)/t27-/m1/s1. The van der Waals surface area contributed by atoms with Gasteiger partial charge in [0.05, 0.1) is 11.0 Å². The molecule has 0 spiro atoms. The summed E-state index contributed by atoms with van der Waals surface area (Å²) in [5.41, 5.74) is 1.20. The largest absolute Gasteiger partial charge is 0.457 e. The van der Waals surface area contributed by atoms with Gasteiger partial charge in [-0.05, 0) is 60.0 Å². The molecule has 1 heterocycles. The second-order valence-electron chi connectivity index (χ2n) is 8.87. The molecule has 1 atom stereocenters. The molecule has 0 unspecified atom stereocenters. The van der Waals surface area contributed by atoms with E-state index in [-0.39, 0.29) is 6.04 Å². The molecule has 4 rings (SSSR count). The molecule has 1 aromatic heterocycles. The summed E-state index contributed by atoms with van der Waals surface area (Å²) in [5.74, 6) is 2.56. The maximum atomic E-state index is 5.90. The zero-order valence-electron chi connectivity index (χ0n) is 19.2. The van der Waals surface area contributed by atoms with E-state index in [2.05, 4.69) is 40.3 Å². The lowest BCUT2D eigenvalue weighted by Crippen LogP contribution is -2.42. The zero-order chi connectivity index (χ0) is 22.7. The van der Waals surface area contributed by atoms with Gasteiger partial charge in [-0.1, -0.05) is 80.7 Å². The molecule has 1 fully saturated rings. The minimum absolute atomic E-state index is 0.213. The normalized spacial score (nSPS) is 15.2. The first-order valence-electron chi connectivity index (χ1n) is 12.1. The van der Waals surface area contributed by atoms with Crippen LogP contribution in [0.4, 0.5) is 0 Å². The molecule has 1 aliphatic rings. The number of benzene rings is 2. The van der Waals surface area contributed by atoms with Gasteiger partial charge in [0.2, 0.25) is 0 Å². The lowest BCUT2D eigenvalue weighted by atomic mass is 9.85. The number of rotatable bonds is 11. The van der Waals surface area contributed by atoms with E-state index in [0.29, 0.717) is 0 Å². The molecule has 1 saturated carbocycles. The Morgan fingerprint density at radius 2 is 1.67 bits per heavy atom. The number of para-hydroxylation sites is 1. The maximum absolute atomic E-state index is 5.90. The monoisotopic (exact) mass is 478 g/mol. The van der Waals surface area contributed by atoms with Crippen molar-refractivity contribution in [3.8, 4) is 11.5 Å². The van der Waals surface area contributed by atoms with Gasteiger partial charge in [-0.2, -0.15) is 0 Å². The van der Waals surface area contributed by atoms with Gasteiger partial charge in [0.25, 0.3) is 0 Å². The van der Waals surface area contributed by atoms with Gasteiger partial charge in [-0.15, -0.1) is 11.3 Å². The van der Waals surface area contributed by atoms with Crippen LogP contribution in [0, 0.1) is 5.92 Å². The summed E-state index contributed by atoms with van der Waals surface area (Å²) in [4.78, 5) is 2.28. The SMILES string of the molecule is S=C(NCc1ccc(Oc2ccccc2)cc1)[C@@H](CCC1CCCCC1)NCc1cccs1. The lowest BCUT2D eigenvalue weighted by Gasteiger charge is -2.26. The predicted octanol–water partition coefficient (Wildman–Crippen LogP) is 7.48. The number of nitrogens with one attached hydrogen (secondary N) is 2. The molecule has 3 nitrogen and oxygen atoms in total. The highest BCUT2D eigenvalue weighted by Gasteiger charge is 2.19. The number of hydrogen-bond acceptors (Lipinski definition) is 4. The molecule has 2 aromatic carbocycles. The van der Waals surface area contributed by atoms with Crippen molar-refractivity contribution in [1.82, 2.24) is 10.6 Å². The van der Waals surface area contributed by atoms with Gasteiger partial charge in [0, 0.05) is 18.0 Å². The average Bonchev–Trinajstić information content (AvgIpc) is 3.38. The summed E-state index contributed by atoms with van der Waals surface area (Å²) in [6.45, 7) is 1.60. The highest BCUT2D eigenvalue weighted by atomic mass is 32.1. The average molecular weight is 479 g/mol. The van der Waals surface area contributed by atoms with Gasteiger partial charge < -0.3 is 15.4 Å². The quantitative estimate of drug-likeness (QED) is 0.280. The molecular formula is C28H34N2OS2. The minimum atomic E-state index is 0.213. The fourth-order valence-corrected chi connectivity index (χ4v) is 5.38. The fourth-order valence-electron chi connectivity index (χ4n) is 4.45. The Bertz CT molecular complexity index is 951. The van der Waals surface area contributed by atoms with E-state index in [1.54, 1.807) is 11.3 Å². The van der Waals surface area contributed by atoms with E-state index in [0.717, 1.165) is 41.9 Å². The summed E-state index contributed by atoms with van der Waals surface area (Å²) in [6.07, 6.45) is 9.33. The molecule has 1 aliphatic carbocycles. The van der Waals surface area contributed by atoms with Crippen molar-refractivity contribution in [1.29, 1.82) is 0 Å². The number of hydrogen-bond donors (Lipinski definition) is 2. The summed E-state index contributed by atoms with van der Waals surface area (Å²) in [7, 11) is 0. The van der Waals surface area contributed by atoms with Crippen molar-refractivity contribution in [3.63, 3.8) is 0 Å². The highest BCUT2D eigenvalue weighted by Crippen LogP contribution is 2.28. The third-order valence-electron chi connectivity index (χ3n) is 6.38. The predicted molar refractivity (Wildman–Crippen MR) is 143 cm³/mol. The second kappa shape index (κ2) is 12.9. The van der Waals surface area contributed by atoms with Gasteiger partial charge in [-0.3, -0.25) is 0 Å². The van der Waals surface area contributed by atoms with Crippen molar-refractivity contribution < 1.29 is 4.74 Å². The van der Waals surface area contributed by atoms with Crippen LogP contribution in [0.15, 0.2) is 72.1 Å². The molecule has 3 aromatic rings. The molecule has 0 amide bonds. The van der Waals surface area contributed by atoms with Gasteiger partial charge >= 0.3 is 0 Å². The van der Waals surface area contributed by atoms with Gasteiger partial charge in [0.15, 0.2) is 0 Å². The van der Waals surface area contributed by atoms with E-state index >= 15 is 0 Å². The van der Waals surface area contributed by atoms with Crippen LogP contribution in [-0.2, 0) is 13.1 Å². The van der Waals surface area contributed by atoms with Crippen molar-refractivity contribution in [3.05, 3.63) is 82.6 Å². The van der Waals surface area contributed by atoms with Crippen molar-refractivity contribution >= 4 is 28.5 Å². The van der Waals surface area contributed by atoms with Gasteiger partial charge in [0.1, 0.15) is 11.5 Å². The summed E-state index contributed by atoms with van der Waals surface area (Å²) < 4.78 is 5.90. The first kappa shape index (κ1) is 23.9. The number of ether oxygens (including phenoxy) is 1. The minimum Gasteiger partial charge on any atom is -0.457 e. The van der Waals surface area contributed by atoms with Crippen molar-refractivity contribution in [2.75, 3.05) is 0 Å². The van der Waals surface area contributed by atoms with Crippen LogP contribution in [0.25, 0.3) is 0 Å². The van der Waals surface area contributed by atoms with Gasteiger partial charge in [-0.25, -0.2) is 0 Å². The smallest absolute Gasteiger partial charge is 0.127 e. The van der Waals surface area contributed by atoms with Crippen LogP contribution in [0.2, 0.25) is 0 Å². The molecule has 0 aliphatic heterocycles. The molecule has 0 bridgehead atoms. The van der Waals surface area contributed by atoms with Crippen LogP contribution in [0.3, 0.4) is 0 Å². The summed E-state index contributed by atoms with van der Waals surface area (Å²) in [5, 5.41) is 9.37. The third-order valence-corrected chi connectivity index (χ3v) is 7.68. The van der Waals surface area contributed by atoms with Crippen LogP contribution in [0.1, 0.15) is 55.4 Å². The topological polar surface area (TPSA) is 33.3 Å². The molecule has 33 heavy (non-hydrogen) atoms. The van der Waals surface area contributed by atoms with Crippen molar-refractivity contribution in [2.24, 2.45) is 5.92 Å². The summed E-state index contributed by atoms with van der Waals surface area (Å²) >= 11 is 7.65. The first-order valence-corrected chi connectivity index (χ1v) is 13.4. The van der Waals surface area contributed by atoms with E-state index in [9.17, 15) is 0 Å². The molecule has 0 saturated heterocycles.